The fraction of sp³-hybridized carbons (Fsp3) is 0.929. The number of carboxylic acid groups (broad SMARTS) is 1. The maximum absolute atomic E-state index is 9.00. The van der Waals surface area contributed by atoms with E-state index in [0.717, 1.165) is 24.7 Å². The van der Waals surface area contributed by atoms with Crippen LogP contribution in [-0.4, -0.2) is 33.8 Å². The average molecular weight is 439 g/mol. The number of carboxylic acids is 1. The van der Waals surface area contributed by atoms with Crippen LogP contribution >= 0.6 is 0 Å². The van der Waals surface area contributed by atoms with E-state index in [1.165, 1.54) is 0 Å². The Morgan fingerprint density at radius 1 is 0.882 bits per heavy atom. The van der Waals surface area contributed by atoms with Gasteiger partial charge in [0, 0.05) is 6.92 Å². The molecule has 0 rings (SSSR count). The molecule has 2 nitrogen and oxygen atoms in total. The second-order valence-corrected chi connectivity index (χ2v) is 16.7. The van der Waals surface area contributed by atoms with Gasteiger partial charge >= 0.3 is 93.9 Å². The summed E-state index contributed by atoms with van der Waals surface area (Å²) >= 11 is -1.14. The molecule has 0 aromatic heterocycles. The zero-order valence-electron chi connectivity index (χ0n) is 12.7. The number of aliphatic carboxylic acids is 1. The van der Waals surface area contributed by atoms with E-state index in [9.17, 15) is 0 Å². The van der Waals surface area contributed by atoms with Gasteiger partial charge in [0.15, 0.2) is 0 Å². The summed E-state index contributed by atoms with van der Waals surface area (Å²) in [7, 11) is 0. The van der Waals surface area contributed by atoms with Gasteiger partial charge in [-0.15, -0.1) is 0 Å². The van der Waals surface area contributed by atoms with Gasteiger partial charge in [-0.3, -0.25) is 4.79 Å². The first-order valence-electron chi connectivity index (χ1n) is 6.68. The summed E-state index contributed by atoms with van der Waals surface area (Å²) in [6.45, 7) is 15.4. The van der Waals surface area contributed by atoms with E-state index in [0.29, 0.717) is 0 Å². The average Bonchev–Trinajstić information content (AvgIpc) is 1.96. The molecule has 1 radical (unpaired) electrons. The molecule has 0 aromatic carbocycles. The second kappa shape index (κ2) is 11.5. The van der Waals surface area contributed by atoms with Crippen molar-refractivity contribution >= 4 is 28.7 Å². The summed E-state index contributed by atoms with van der Waals surface area (Å²) in [4.78, 5) is 9.00. The summed E-state index contributed by atoms with van der Waals surface area (Å²) in [5.41, 5.74) is 0. The van der Waals surface area contributed by atoms with E-state index in [4.69, 9.17) is 9.90 Å². The summed E-state index contributed by atoms with van der Waals surface area (Å²) < 4.78 is 4.88. The zero-order chi connectivity index (χ0) is 14.0. The molecule has 1 N–H and O–H groups in total. The van der Waals surface area contributed by atoms with Gasteiger partial charge < -0.3 is 5.11 Å². The summed E-state index contributed by atoms with van der Waals surface area (Å²) in [6.07, 6.45) is 0. The minimum atomic E-state index is -1.14. The van der Waals surface area contributed by atoms with Crippen molar-refractivity contribution in [3.8, 4) is 0 Å². The third kappa shape index (κ3) is 22.1. The molecule has 0 heterocycles. The Morgan fingerprint density at radius 3 is 1.18 bits per heavy atom. The monoisotopic (exact) mass is 439 g/mol. The van der Waals surface area contributed by atoms with Gasteiger partial charge in [0.25, 0.3) is 5.97 Å². The van der Waals surface area contributed by atoms with Crippen molar-refractivity contribution in [3.63, 3.8) is 0 Å². The molecular weight excluding hydrogens is 407 g/mol. The first-order chi connectivity index (χ1) is 7.65. The predicted molar refractivity (Wildman–Crippen MR) is 78.0 cm³/mol. The first-order valence-corrected chi connectivity index (χ1v) is 14.9. The van der Waals surface area contributed by atoms with Crippen molar-refractivity contribution in [1.82, 2.24) is 0 Å². The Balaban J connectivity index is 0. The quantitative estimate of drug-likeness (QED) is 0.618. The summed E-state index contributed by atoms with van der Waals surface area (Å²) in [6, 6.07) is 0. The molecule has 0 atom stereocenters. The molecule has 0 aromatic rings. The normalized spacial score (nSPS) is 11.0. The van der Waals surface area contributed by atoms with Crippen molar-refractivity contribution in [2.75, 3.05) is 0 Å². The molecule has 0 spiro atoms. The third-order valence-corrected chi connectivity index (χ3v) is 18.3. The van der Waals surface area contributed by atoms with Crippen molar-refractivity contribution in [2.24, 2.45) is 17.8 Å². The Morgan fingerprint density at radius 2 is 1.06 bits per heavy atom. The molecule has 0 amide bonds. The SMILES string of the molecule is CC(=O)O.CC(C)[CH2][Pb]([CH2]C(C)C)[CH2]C(C)C. The standard InChI is InChI=1S/3C4H9.C2H4O2.Pb/c3*1-4(2)3;1-2(3)4;/h3*4H,1H2,2-3H3;1H3,(H,3,4);. The van der Waals surface area contributed by atoms with Crippen molar-refractivity contribution < 1.29 is 9.90 Å². The number of rotatable bonds is 6. The molecule has 0 saturated heterocycles. The van der Waals surface area contributed by atoms with Crippen LogP contribution in [0.25, 0.3) is 0 Å². The van der Waals surface area contributed by atoms with E-state index >= 15 is 0 Å². The molecular formula is C14H31O2Pb. The fourth-order valence-corrected chi connectivity index (χ4v) is 17.4. The van der Waals surface area contributed by atoms with Gasteiger partial charge in [-0.05, 0) is 0 Å². The topological polar surface area (TPSA) is 37.3 Å². The number of hydrogen-bond donors (Lipinski definition) is 1. The minimum absolute atomic E-state index is 0.833. The number of hydrogen-bond acceptors (Lipinski definition) is 1. The second-order valence-electron chi connectivity index (χ2n) is 6.06. The van der Waals surface area contributed by atoms with Crippen LogP contribution in [0.4, 0.5) is 0 Å². The van der Waals surface area contributed by atoms with Crippen LogP contribution < -0.4 is 0 Å². The van der Waals surface area contributed by atoms with Crippen LogP contribution in [-0.2, 0) is 4.79 Å². The van der Waals surface area contributed by atoms with Gasteiger partial charge in [0.05, 0.1) is 0 Å². The van der Waals surface area contributed by atoms with Gasteiger partial charge in [-0.1, -0.05) is 0 Å². The molecule has 103 valence electrons. The molecule has 0 bridgehead atoms. The van der Waals surface area contributed by atoms with Crippen molar-refractivity contribution in [2.45, 2.75) is 60.4 Å². The molecule has 0 fully saturated rings. The molecule has 0 aliphatic heterocycles. The maximum atomic E-state index is 9.00. The summed E-state index contributed by atoms with van der Waals surface area (Å²) in [5.74, 6) is 2.04. The van der Waals surface area contributed by atoms with E-state index in [2.05, 4.69) is 41.5 Å². The van der Waals surface area contributed by atoms with Gasteiger partial charge in [0.1, 0.15) is 0 Å². The molecule has 0 unspecified atom stereocenters. The van der Waals surface area contributed by atoms with E-state index in [1.54, 1.807) is 11.9 Å². The van der Waals surface area contributed by atoms with Gasteiger partial charge in [-0.2, -0.15) is 0 Å². The van der Waals surface area contributed by atoms with E-state index < -0.39 is 28.7 Å². The fourth-order valence-electron chi connectivity index (χ4n) is 1.98. The van der Waals surface area contributed by atoms with Crippen molar-refractivity contribution in [3.05, 3.63) is 0 Å². The predicted octanol–water partition coefficient (Wildman–Crippen LogP) is 4.54. The van der Waals surface area contributed by atoms with E-state index in [-0.39, 0.29) is 0 Å². The Hall–Kier alpha value is 0.392. The zero-order valence-corrected chi connectivity index (χ0v) is 16.6. The molecule has 0 aliphatic rings. The van der Waals surface area contributed by atoms with Gasteiger partial charge in [0.2, 0.25) is 0 Å². The van der Waals surface area contributed by atoms with E-state index in [1.807, 2.05) is 0 Å². The number of carbonyl (C=O) groups is 1. The van der Waals surface area contributed by atoms with Crippen LogP contribution in [0.2, 0.25) is 11.9 Å². The molecule has 17 heavy (non-hydrogen) atoms. The first kappa shape index (κ1) is 19.7. The van der Waals surface area contributed by atoms with Crippen LogP contribution in [0.1, 0.15) is 48.5 Å². The van der Waals surface area contributed by atoms with Crippen LogP contribution in [0, 0.1) is 17.8 Å². The van der Waals surface area contributed by atoms with Gasteiger partial charge in [-0.25, -0.2) is 0 Å². The summed E-state index contributed by atoms with van der Waals surface area (Å²) in [5, 5.41) is 7.42. The Labute approximate surface area is 116 Å². The Bertz CT molecular complexity index is 161. The molecule has 0 saturated carbocycles. The van der Waals surface area contributed by atoms with Crippen LogP contribution in [0.5, 0.6) is 0 Å². The van der Waals surface area contributed by atoms with Crippen LogP contribution in [0.3, 0.4) is 0 Å². The molecule has 0 aliphatic carbocycles. The Kier molecular flexibility index (Phi) is 13.3. The van der Waals surface area contributed by atoms with Crippen LogP contribution in [0.15, 0.2) is 0 Å². The molecule has 3 heteroatoms. The van der Waals surface area contributed by atoms with Crippen molar-refractivity contribution in [1.29, 1.82) is 0 Å². The third-order valence-electron chi connectivity index (χ3n) is 2.09.